The highest BCUT2D eigenvalue weighted by Crippen LogP contribution is 2.52. The number of rotatable bonds is 5. The summed E-state index contributed by atoms with van der Waals surface area (Å²) in [6.07, 6.45) is 2.10. The van der Waals surface area contributed by atoms with Crippen LogP contribution in [0.4, 0.5) is 4.79 Å². The Morgan fingerprint density at radius 1 is 0.976 bits per heavy atom. The summed E-state index contributed by atoms with van der Waals surface area (Å²) in [5.74, 6) is -0.131. The Balaban J connectivity index is 1.35. The Bertz CT molecular complexity index is 1450. The first kappa shape index (κ1) is 28.7. The molecule has 3 aromatic carbocycles. The molecule has 1 fully saturated rings. The first-order valence-electron chi connectivity index (χ1n) is 14.5. The van der Waals surface area contributed by atoms with Crippen LogP contribution in [0.2, 0.25) is 0 Å². The van der Waals surface area contributed by atoms with Crippen molar-refractivity contribution < 1.29 is 19.1 Å². The van der Waals surface area contributed by atoms with Crippen LogP contribution in [0.25, 0.3) is 10.8 Å². The molecule has 0 bridgehead atoms. The summed E-state index contributed by atoms with van der Waals surface area (Å²) >= 11 is 0. The standard InChI is InChI=1S/C34H41N3O4/c1-33(2,3)41-32(40)35-29(21-23-14-15-24-10-6-7-11-25(24)20-23)31(39)37-18-16-34(17-19-37)22-27(30(38)36(4)5)26-12-8-9-13-28(26)34/h6-15,20,27,29H,16-19,21-22H2,1-5H3,(H,35,40)/t27-,29-/m1/s1. The summed E-state index contributed by atoms with van der Waals surface area (Å²) in [6.45, 7) is 6.57. The van der Waals surface area contributed by atoms with E-state index in [1.807, 2.05) is 76.2 Å². The maximum absolute atomic E-state index is 14.0. The van der Waals surface area contributed by atoms with Crippen molar-refractivity contribution in [2.45, 2.75) is 69.4 Å². The lowest BCUT2D eigenvalue weighted by atomic mass is 9.73. The second kappa shape index (κ2) is 11.2. The van der Waals surface area contributed by atoms with E-state index < -0.39 is 17.7 Å². The Morgan fingerprint density at radius 3 is 2.32 bits per heavy atom. The van der Waals surface area contributed by atoms with E-state index >= 15 is 0 Å². The van der Waals surface area contributed by atoms with Gasteiger partial charge in [-0.25, -0.2) is 4.79 Å². The molecule has 1 spiro atoms. The number of piperidine rings is 1. The smallest absolute Gasteiger partial charge is 0.408 e. The van der Waals surface area contributed by atoms with Gasteiger partial charge < -0.3 is 19.9 Å². The SMILES string of the molecule is CN(C)C(=O)[C@@H]1CC2(CCN(C(=O)[C@@H](Cc3ccc4ccccc4c3)NC(=O)OC(C)(C)C)CC2)c2ccccc21. The lowest BCUT2D eigenvalue weighted by Crippen LogP contribution is -2.54. The minimum absolute atomic E-state index is 0.105. The fraction of sp³-hybridized carbons (Fsp3) is 0.441. The van der Waals surface area contributed by atoms with Gasteiger partial charge in [0, 0.05) is 39.0 Å². The van der Waals surface area contributed by atoms with Crippen molar-refractivity contribution in [3.63, 3.8) is 0 Å². The van der Waals surface area contributed by atoms with Gasteiger partial charge in [-0.3, -0.25) is 9.59 Å². The van der Waals surface area contributed by atoms with Crippen LogP contribution in [0.3, 0.4) is 0 Å². The van der Waals surface area contributed by atoms with E-state index in [-0.39, 0.29) is 23.1 Å². The zero-order chi connectivity index (χ0) is 29.4. The zero-order valence-corrected chi connectivity index (χ0v) is 24.8. The molecule has 0 unspecified atom stereocenters. The van der Waals surface area contributed by atoms with Crippen LogP contribution in [0.5, 0.6) is 0 Å². The molecule has 41 heavy (non-hydrogen) atoms. The normalized spacial score (nSPS) is 18.6. The second-order valence-electron chi connectivity index (χ2n) is 12.8. The summed E-state index contributed by atoms with van der Waals surface area (Å²) in [4.78, 5) is 43.4. The number of nitrogens with one attached hydrogen (secondary N) is 1. The minimum atomic E-state index is -0.751. The van der Waals surface area contributed by atoms with E-state index in [9.17, 15) is 14.4 Å². The molecule has 7 nitrogen and oxygen atoms in total. The van der Waals surface area contributed by atoms with Crippen LogP contribution in [0, 0.1) is 0 Å². The summed E-state index contributed by atoms with van der Waals surface area (Å²) in [7, 11) is 3.62. The maximum Gasteiger partial charge on any atom is 0.408 e. The molecule has 0 radical (unpaired) electrons. The van der Waals surface area contributed by atoms with Crippen LogP contribution in [0.15, 0.2) is 66.7 Å². The molecule has 1 saturated heterocycles. The topological polar surface area (TPSA) is 79.0 Å². The number of ether oxygens (including phenoxy) is 1. The van der Waals surface area contributed by atoms with Crippen LogP contribution in [-0.2, 0) is 26.2 Å². The molecule has 0 saturated carbocycles. The van der Waals surface area contributed by atoms with Gasteiger partial charge in [0.25, 0.3) is 0 Å². The lowest BCUT2D eigenvalue weighted by molar-refractivity contribution is -0.135. The van der Waals surface area contributed by atoms with Gasteiger partial charge in [-0.2, -0.15) is 0 Å². The van der Waals surface area contributed by atoms with E-state index in [0.717, 1.165) is 41.2 Å². The molecule has 3 amide bonds. The van der Waals surface area contributed by atoms with Crippen LogP contribution in [-0.4, -0.2) is 66.5 Å². The maximum atomic E-state index is 14.0. The average molecular weight is 556 g/mol. The molecule has 2 aliphatic rings. The number of carbonyl (C=O) groups excluding carboxylic acids is 3. The van der Waals surface area contributed by atoms with Crippen molar-refractivity contribution >= 4 is 28.7 Å². The zero-order valence-electron chi connectivity index (χ0n) is 24.8. The highest BCUT2D eigenvalue weighted by atomic mass is 16.6. The van der Waals surface area contributed by atoms with E-state index in [2.05, 4.69) is 35.6 Å². The summed E-state index contributed by atoms with van der Waals surface area (Å²) in [6, 6.07) is 21.8. The summed E-state index contributed by atoms with van der Waals surface area (Å²) < 4.78 is 5.53. The first-order chi connectivity index (χ1) is 19.5. The molecule has 5 rings (SSSR count). The molecule has 1 heterocycles. The minimum Gasteiger partial charge on any atom is -0.444 e. The number of fused-ring (bicyclic) bond motifs is 3. The highest BCUT2D eigenvalue weighted by Gasteiger charge is 2.48. The Labute approximate surface area is 242 Å². The van der Waals surface area contributed by atoms with E-state index in [4.69, 9.17) is 4.74 Å². The predicted molar refractivity (Wildman–Crippen MR) is 161 cm³/mol. The molecule has 1 aliphatic carbocycles. The molecule has 7 heteroatoms. The molecule has 216 valence electrons. The van der Waals surface area contributed by atoms with Gasteiger partial charge in [-0.1, -0.05) is 66.7 Å². The number of amides is 3. The van der Waals surface area contributed by atoms with Crippen LogP contribution in [0.1, 0.15) is 62.6 Å². The molecule has 0 aromatic heterocycles. The number of alkyl carbamates (subject to hydrolysis) is 1. The molecule has 1 aliphatic heterocycles. The number of likely N-dealkylation sites (tertiary alicyclic amines) is 1. The number of benzene rings is 3. The van der Waals surface area contributed by atoms with Gasteiger partial charge in [0.15, 0.2) is 0 Å². The van der Waals surface area contributed by atoms with Crippen LogP contribution >= 0.6 is 0 Å². The van der Waals surface area contributed by atoms with E-state index in [1.165, 1.54) is 5.56 Å². The Hall–Kier alpha value is -3.87. The molecular formula is C34H41N3O4. The fourth-order valence-electron chi connectivity index (χ4n) is 6.53. The van der Waals surface area contributed by atoms with Crippen molar-refractivity contribution in [2.75, 3.05) is 27.2 Å². The van der Waals surface area contributed by atoms with Crippen LogP contribution < -0.4 is 5.32 Å². The van der Waals surface area contributed by atoms with Crippen molar-refractivity contribution in [3.8, 4) is 0 Å². The van der Waals surface area contributed by atoms with E-state index in [1.54, 1.807) is 4.90 Å². The third kappa shape index (κ3) is 6.09. The van der Waals surface area contributed by atoms with Gasteiger partial charge in [0.1, 0.15) is 11.6 Å². The second-order valence-corrected chi connectivity index (χ2v) is 12.8. The Morgan fingerprint density at radius 2 is 1.63 bits per heavy atom. The molecule has 1 N–H and O–H groups in total. The largest absolute Gasteiger partial charge is 0.444 e. The number of hydrogen-bond acceptors (Lipinski definition) is 4. The lowest BCUT2D eigenvalue weighted by Gasteiger charge is -2.41. The van der Waals surface area contributed by atoms with Gasteiger partial charge in [-0.05, 0) is 67.5 Å². The Kier molecular flexibility index (Phi) is 7.82. The number of carbonyl (C=O) groups is 3. The van der Waals surface area contributed by atoms with Crippen molar-refractivity contribution in [2.24, 2.45) is 0 Å². The fourth-order valence-corrected chi connectivity index (χ4v) is 6.53. The van der Waals surface area contributed by atoms with Crippen molar-refractivity contribution in [3.05, 3.63) is 83.4 Å². The monoisotopic (exact) mass is 555 g/mol. The number of hydrogen-bond donors (Lipinski definition) is 1. The highest BCUT2D eigenvalue weighted by molar-refractivity contribution is 5.88. The predicted octanol–water partition coefficient (Wildman–Crippen LogP) is 5.41. The summed E-state index contributed by atoms with van der Waals surface area (Å²) in [5, 5.41) is 5.10. The third-order valence-electron chi connectivity index (χ3n) is 8.52. The first-order valence-corrected chi connectivity index (χ1v) is 14.5. The van der Waals surface area contributed by atoms with Gasteiger partial charge in [0.05, 0.1) is 5.92 Å². The quantitative estimate of drug-likeness (QED) is 0.457. The van der Waals surface area contributed by atoms with E-state index in [0.29, 0.717) is 19.5 Å². The average Bonchev–Trinajstić information content (AvgIpc) is 3.25. The molecule has 2 atom stereocenters. The van der Waals surface area contributed by atoms with Gasteiger partial charge in [0.2, 0.25) is 11.8 Å². The summed E-state index contributed by atoms with van der Waals surface area (Å²) in [5.41, 5.74) is 2.53. The number of nitrogens with zero attached hydrogens (tertiary/aromatic N) is 2. The number of likely N-dealkylation sites (N-methyl/N-ethyl adjacent to an activating group) is 1. The third-order valence-corrected chi connectivity index (χ3v) is 8.52. The molecular weight excluding hydrogens is 514 g/mol. The van der Waals surface area contributed by atoms with Crippen molar-refractivity contribution in [1.29, 1.82) is 0 Å². The van der Waals surface area contributed by atoms with Gasteiger partial charge >= 0.3 is 6.09 Å². The molecule has 3 aromatic rings. The van der Waals surface area contributed by atoms with Gasteiger partial charge in [-0.15, -0.1) is 0 Å². The van der Waals surface area contributed by atoms with Crippen molar-refractivity contribution in [1.82, 2.24) is 15.1 Å².